The van der Waals surface area contributed by atoms with Crippen LogP contribution in [0, 0.1) is 6.92 Å². The van der Waals surface area contributed by atoms with E-state index in [1.165, 1.54) is 0 Å². The molecule has 0 saturated carbocycles. The Morgan fingerprint density at radius 2 is 1.83 bits per heavy atom. The van der Waals surface area contributed by atoms with Crippen molar-refractivity contribution in [1.29, 1.82) is 0 Å². The average Bonchev–Trinajstić information content (AvgIpc) is 2.85. The molecule has 2 amide bonds. The molecule has 8 nitrogen and oxygen atoms in total. The van der Waals surface area contributed by atoms with E-state index < -0.39 is 10.0 Å². The number of hydrogen-bond acceptors (Lipinski definition) is 5. The van der Waals surface area contributed by atoms with Gasteiger partial charge in [-0.15, -0.1) is 0 Å². The maximum atomic E-state index is 12.8. The van der Waals surface area contributed by atoms with E-state index in [1.54, 1.807) is 12.1 Å². The lowest BCUT2D eigenvalue weighted by molar-refractivity contribution is 0.206. The van der Waals surface area contributed by atoms with Crippen LogP contribution in [0.15, 0.2) is 59.5 Å². The van der Waals surface area contributed by atoms with E-state index in [-0.39, 0.29) is 12.1 Å². The van der Waals surface area contributed by atoms with Gasteiger partial charge in [-0.1, -0.05) is 46.3 Å². The molecule has 1 saturated heterocycles. The van der Waals surface area contributed by atoms with Gasteiger partial charge in [-0.2, -0.15) is 0 Å². The number of piperidine rings is 1. The highest BCUT2D eigenvalue weighted by Crippen LogP contribution is 2.22. The Bertz CT molecular complexity index is 1290. The van der Waals surface area contributed by atoms with Crippen LogP contribution >= 0.6 is 15.9 Å². The van der Waals surface area contributed by atoms with Gasteiger partial charge in [-0.3, -0.25) is 4.98 Å². The third-order valence-electron chi connectivity index (χ3n) is 6.33. The zero-order valence-electron chi connectivity index (χ0n) is 20.3. The molecule has 4 rings (SSSR count). The van der Waals surface area contributed by atoms with E-state index in [0.29, 0.717) is 18.0 Å². The first-order chi connectivity index (χ1) is 17.3. The molecule has 0 radical (unpaired) electrons. The number of hydrogen-bond donors (Lipinski definition) is 3. The van der Waals surface area contributed by atoms with Gasteiger partial charge in [-0.05, 0) is 69.1 Å². The number of nitrogens with zero attached hydrogens (tertiary/aromatic N) is 2. The molecule has 192 valence electrons. The molecule has 0 spiro atoms. The summed E-state index contributed by atoms with van der Waals surface area (Å²) in [4.78, 5) is 19.5. The number of nitrogens with one attached hydrogen (secondary N) is 3. The topological polar surface area (TPSA) is 103 Å². The number of rotatable bonds is 9. The van der Waals surface area contributed by atoms with Crippen LogP contribution < -0.4 is 15.4 Å². The lowest BCUT2D eigenvalue weighted by atomic mass is 10.1. The molecule has 10 heteroatoms. The van der Waals surface area contributed by atoms with Crippen LogP contribution in [0.1, 0.15) is 24.1 Å². The summed E-state index contributed by atoms with van der Waals surface area (Å²) in [5, 5.41) is 7.60. The number of fused-ring (bicyclic) bond motifs is 1. The van der Waals surface area contributed by atoms with Crippen molar-refractivity contribution >= 4 is 48.6 Å². The van der Waals surface area contributed by atoms with Gasteiger partial charge in [0, 0.05) is 35.5 Å². The first-order valence-corrected chi connectivity index (χ1v) is 14.8. The van der Waals surface area contributed by atoms with E-state index >= 15 is 0 Å². The normalized spacial score (nSPS) is 15.2. The van der Waals surface area contributed by atoms with Gasteiger partial charge in [0.15, 0.2) is 0 Å². The highest BCUT2D eigenvalue weighted by molar-refractivity contribution is 9.09. The number of amides is 2. The summed E-state index contributed by atoms with van der Waals surface area (Å²) in [6.45, 7) is 4.66. The molecule has 0 unspecified atom stereocenters. The number of anilines is 1. The number of aromatic nitrogens is 1. The fourth-order valence-corrected chi connectivity index (χ4v) is 6.17. The number of carbonyl (C=O) groups excluding carboxylic acids is 1. The van der Waals surface area contributed by atoms with Crippen LogP contribution in [0.3, 0.4) is 0 Å². The van der Waals surface area contributed by atoms with Crippen molar-refractivity contribution in [2.24, 2.45) is 0 Å². The largest absolute Gasteiger partial charge is 0.337 e. The number of benzene rings is 2. The smallest absolute Gasteiger partial charge is 0.319 e. The molecule has 36 heavy (non-hydrogen) atoms. The molecule has 1 aliphatic heterocycles. The number of aryl methyl sites for hydroxylation is 2. The fourth-order valence-electron chi connectivity index (χ4n) is 4.41. The molecule has 0 bridgehead atoms. The summed E-state index contributed by atoms with van der Waals surface area (Å²) in [6, 6.07) is 16.3. The van der Waals surface area contributed by atoms with Crippen LogP contribution in [0.4, 0.5) is 10.5 Å². The van der Waals surface area contributed by atoms with Gasteiger partial charge in [0.25, 0.3) is 0 Å². The number of para-hydroxylation sites is 1. The SMILES string of the molecule is Cc1cc(NC(=O)NCCN2CCC(NS(=O)(=O)c3ccc(CCBr)cc3)CC2)c2ccccc2n1. The molecule has 3 aromatic rings. The number of urea groups is 1. The number of alkyl halides is 1. The second-order valence-corrected chi connectivity index (χ2v) is 11.5. The fraction of sp³-hybridized carbons (Fsp3) is 0.385. The molecular formula is C26H32BrN5O3S. The zero-order chi connectivity index (χ0) is 25.5. The van der Waals surface area contributed by atoms with Gasteiger partial charge < -0.3 is 15.5 Å². The van der Waals surface area contributed by atoms with Gasteiger partial charge in [0.2, 0.25) is 10.0 Å². The summed E-state index contributed by atoms with van der Waals surface area (Å²) < 4.78 is 28.4. The lowest BCUT2D eigenvalue weighted by Crippen LogP contribution is -2.46. The summed E-state index contributed by atoms with van der Waals surface area (Å²) in [5.74, 6) is 0. The molecular weight excluding hydrogens is 542 g/mol. The minimum absolute atomic E-state index is 0.0899. The number of pyridine rings is 1. The van der Waals surface area contributed by atoms with E-state index in [0.717, 1.165) is 65.5 Å². The Kier molecular flexibility index (Phi) is 8.95. The molecule has 0 aliphatic carbocycles. The Labute approximate surface area is 221 Å². The molecule has 0 atom stereocenters. The average molecular weight is 575 g/mol. The Morgan fingerprint density at radius 3 is 2.56 bits per heavy atom. The van der Waals surface area contributed by atoms with Gasteiger partial charge in [0.1, 0.15) is 0 Å². The molecule has 1 aliphatic rings. The quantitative estimate of drug-likeness (QED) is 0.335. The lowest BCUT2D eigenvalue weighted by Gasteiger charge is -2.32. The monoisotopic (exact) mass is 573 g/mol. The summed E-state index contributed by atoms with van der Waals surface area (Å²) >= 11 is 3.40. The minimum atomic E-state index is -3.54. The van der Waals surface area contributed by atoms with Crippen LogP contribution in [0.5, 0.6) is 0 Å². The van der Waals surface area contributed by atoms with Crippen molar-refractivity contribution in [3.8, 4) is 0 Å². The van der Waals surface area contributed by atoms with E-state index in [1.807, 2.05) is 49.4 Å². The number of sulfonamides is 1. The second-order valence-electron chi connectivity index (χ2n) is 9.03. The van der Waals surface area contributed by atoms with E-state index in [2.05, 4.69) is 41.2 Å². The third-order valence-corrected chi connectivity index (χ3v) is 8.27. The zero-order valence-corrected chi connectivity index (χ0v) is 22.7. The van der Waals surface area contributed by atoms with Crippen LogP contribution in [0.2, 0.25) is 0 Å². The molecule has 2 heterocycles. The van der Waals surface area contributed by atoms with Crippen LogP contribution in [-0.2, 0) is 16.4 Å². The highest BCUT2D eigenvalue weighted by Gasteiger charge is 2.24. The number of halogens is 1. The summed E-state index contributed by atoms with van der Waals surface area (Å²) in [6.07, 6.45) is 2.33. The van der Waals surface area contributed by atoms with Crippen molar-refractivity contribution in [2.75, 3.05) is 36.8 Å². The number of carbonyl (C=O) groups is 1. The number of likely N-dealkylation sites (tertiary alicyclic amines) is 1. The van der Waals surface area contributed by atoms with Crippen molar-refractivity contribution < 1.29 is 13.2 Å². The van der Waals surface area contributed by atoms with Gasteiger partial charge >= 0.3 is 6.03 Å². The van der Waals surface area contributed by atoms with Gasteiger partial charge in [-0.25, -0.2) is 17.9 Å². The Hall–Kier alpha value is -2.53. The van der Waals surface area contributed by atoms with Crippen LogP contribution in [0.25, 0.3) is 10.9 Å². The van der Waals surface area contributed by atoms with Crippen LogP contribution in [-0.4, -0.2) is 61.9 Å². The maximum absolute atomic E-state index is 12.8. The van der Waals surface area contributed by atoms with E-state index in [4.69, 9.17) is 0 Å². The second kappa shape index (κ2) is 12.1. The Morgan fingerprint density at radius 1 is 1.11 bits per heavy atom. The third kappa shape index (κ3) is 7.03. The van der Waals surface area contributed by atoms with Crippen molar-refractivity contribution in [3.63, 3.8) is 0 Å². The van der Waals surface area contributed by atoms with E-state index in [9.17, 15) is 13.2 Å². The maximum Gasteiger partial charge on any atom is 0.319 e. The Balaban J connectivity index is 1.20. The molecule has 1 fully saturated rings. The predicted octanol–water partition coefficient (Wildman–Crippen LogP) is 4.05. The minimum Gasteiger partial charge on any atom is -0.337 e. The predicted molar refractivity (Wildman–Crippen MR) is 147 cm³/mol. The summed E-state index contributed by atoms with van der Waals surface area (Å²) in [7, 11) is -3.54. The highest BCUT2D eigenvalue weighted by atomic mass is 79.9. The van der Waals surface area contributed by atoms with Gasteiger partial charge in [0.05, 0.1) is 16.1 Å². The summed E-state index contributed by atoms with van der Waals surface area (Å²) in [5.41, 5.74) is 3.53. The van der Waals surface area contributed by atoms with Crippen molar-refractivity contribution in [1.82, 2.24) is 19.9 Å². The molecule has 1 aromatic heterocycles. The molecule has 3 N–H and O–H groups in total. The van der Waals surface area contributed by atoms with Crippen molar-refractivity contribution in [3.05, 3.63) is 65.9 Å². The molecule has 2 aromatic carbocycles. The first-order valence-electron chi connectivity index (χ1n) is 12.1. The standard InChI is InChI=1S/C26H32BrN5O3S/c1-19-18-25(23-4-2-3-5-24(23)29-19)30-26(33)28-14-17-32-15-11-21(12-16-32)31-36(34,35)22-8-6-20(7-9-22)10-13-27/h2-9,18,21,31H,10-17H2,1H3,(H2,28,29,30,33). The van der Waals surface area contributed by atoms with Crippen molar-refractivity contribution in [2.45, 2.75) is 37.1 Å². The first kappa shape index (κ1) is 26.5.